The van der Waals surface area contributed by atoms with Gasteiger partial charge in [0.25, 0.3) is 5.91 Å². The fourth-order valence-electron chi connectivity index (χ4n) is 4.75. The van der Waals surface area contributed by atoms with Gasteiger partial charge in [-0.15, -0.1) is 0 Å². The summed E-state index contributed by atoms with van der Waals surface area (Å²) in [6, 6.07) is 7.41. The smallest absolute Gasteiger partial charge is 0.256 e. The normalized spacial score (nSPS) is 27.6. The van der Waals surface area contributed by atoms with Crippen LogP contribution in [0.2, 0.25) is 0 Å². The van der Waals surface area contributed by atoms with Crippen LogP contribution in [0.5, 0.6) is 0 Å². The molecule has 136 valence electrons. The molecular weight excluding hydrogens is 317 g/mol. The van der Waals surface area contributed by atoms with E-state index in [0.29, 0.717) is 19.1 Å². The highest BCUT2D eigenvalue weighted by Crippen LogP contribution is 2.32. The van der Waals surface area contributed by atoms with Gasteiger partial charge in [0, 0.05) is 50.3 Å². The molecule has 0 bridgehead atoms. The van der Waals surface area contributed by atoms with Crippen LogP contribution < -0.4 is 0 Å². The van der Waals surface area contributed by atoms with Gasteiger partial charge in [-0.1, -0.05) is 18.6 Å². The van der Waals surface area contributed by atoms with E-state index in [-0.39, 0.29) is 17.0 Å². The minimum atomic E-state index is -0.424. The Kier molecular flexibility index (Phi) is 4.32. The van der Waals surface area contributed by atoms with E-state index < -0.39 is 5.82 Å². The number of nitrogens with zero attached hydrogens (tertiary/aromatic N) is 3. The van der Waals surface area contributed by atoms with Crippen molar-refractivity contribution in [1.29, 1.82) is 0 Å². The van der Waals surface area contributed by atoms with Crippen LogP contribution in [-0.4, -0.2) is 71.0 Å². The van der Waals surface area contributed by atoms with Crippen molar-refractivity contribution in [3.05, 3.63) is 35.6 Å². The predicted octanol–water partition coefficient (Wildman–Crippen LogP) is 2.60. The Labute approximate surface area is 149 Å². The average Bonchev–Trinajstić information content (AvgIpc) is 2.52. The molecular formula is C20H28FN3O. The highest BCUT2D eigenvalue weighted by Gasteiger charge is 2.45. The van der Waals surface area contributed by atoms with Gasteiger partial charge in [0.2, 0.25) is 0 Å². The predicted molar refractivity (Wildman–Crippen MR) is 96.1 cm³/mol. The molecule has 1 saturated carbocycles. The van der Waals surface area contributed by atoms with Gasteiger partial charge in [0.05, 0.1) is 5.56 Å². The topological polar surface area (TPSA) is 26.8 Å². The molecule has 2 saturated heterocycles. The van der Waals surface area contributed by atoms with Crippen molar-refractivity contribution in [2.75, 3.05) is 32.7 Å². The monoisotopic (exact) mass is 345 g/mol. The molecule has 3 aliphatic rings. The molecule has 2 heterocycles. The summed E-state index contributed by atoms with van der Waals surface area (Å²) in [5.41, 5.74) is 0.119. The molecule has 1 aromatic rings. The number of hydrogen-bond donors (Lipinski definition) is 0. The Morgan fingerprint density at radius 1 is 1.12 bits per heavy atom. The van der Waals surface area contributed by atoms with Crippen LogP contribution in [0.1, 0.15) is 43.5 Å². The summed E-state index contributed by atoms with van der Waals surface area (Å²) in [4.78, 5) is 20.0. The van der Waals surface area contributed by atoms with Crippen LogP contribution in [0.4, 0.5) is 4.39 Å². The zero-order chi connectivity index (χ0) is 17.6. The molecule has 4 nitrogen and oxygen atoms in total. The van der Waals surface area contributed by atoms with E-state index in [0.717, 1.165) is 25.7 Å². The average molecular weight is 345 g/mol. The van der Waals surface area contributed by atoms with Crippen LogP contribution >= 0.6 is 0 Å². The molecule has 1 aliphatic carbocycles. The minimum Gasteiger partial charge on any atom is -0.335 e. The summed E-state index contributed by atoms with van der Waals surface area (Å²) in [6.45, 7) is 8.98. The Morgan fingerprint density at radius 2 is 1.88 bits per heavy atom. The minimum absolute atomic E-state index is 0.0739. The number of carbonyl (C=O) groups is 1. The first-order chi connectivity index (χ1) is 12.0. The Hall–Kier alpha value is -1.46. The molecule has 0 radical (unpaired) electrons. The highest BCUT2D eigenvalue weighted by atomic mass is 19.1. The van der Waals surface area contributed by atoms with Crippen molar-refractivity contribution in [3.63, 3.8) is 0 Å². The zero-order valence-electron chi connectivity index (χ0n) is 15.2. The number of fused-ring (bicyclic) bond motifs is 1. The summed E-state index contributed by atoms with van der Waals surface area (Å²) in [7, 11) is 0. The van der Waals surface area contributed by atoms with Crippen LogP contribution in [-0.2, 0) is 0 Å². The maximum atomic E-state index is 14.1. The van der Waals surface area contributed by atoms with E-state index in [1.807, 2.05) is 4.90 Å². The lowest BCUT2D eigenvalue weighted by Crippen LogP contribution is -2.71. The Bertz CT molecular complexity index is 658. The van der Waals surface area contributed by atoms with Gasteiger partial charge in [-0.25, -0.2) is 4.39 Å². The number of benzene rings is 1. The zero-order valence-corrected chi connectivity index (χ0v) is 15.2. The SMILES string of the molecule is CC1(C)CN(C(=O)c2ccccc2F)CC2CN(C3CCC3)CCN21. The molecule has 1 amide bonds. The molecule has 2 aliphatic heterocycles. The van der Waals surface area contributed by atoms with Crippen LogP contribution in [0, 0.1) is 5.82 Å². The molecule has 25 heavy (non-hydrogen) atoms. The van der Waals surface area contributed by atoms with E-state index in [1.54, 1.807) is 18.2 Å². The largest absolute Gasteiger partial charge is 0.335 e. The first kappa shape index (κ1) is 17.0. The number of carbonyl (C=O) groups excluding carboxylic acids is 1. The van der Waals surface area contributed by atoms with Crippen LogP contribution in [0.25, 0.3) is 0 Å². The third-order valence-electron chi connectivity index (χ3n) is 6.28. The second-order valence-electron chi connectivity index (χ2n) is 8.40. The maximum absolute atomic E-state index is 14.1. The summed E-state index contributed by atoms with van der Waals surface area (Å²) in [5.74, 6) is -0.598. The summed E-state index contributed by atoms with van der Waals surface area (Å²) in [6.07, 6.45) is 3.97. The van der Waals surface area contributed by atoms with Crippen molar-refractivity contribution in [2.24, 2.45) is 0 Å². The second kappa shape index (κ2) is 6.36. The first-order valence-corrected chi connectivity index (χ1v) is 9.50. The van der Waals surface area contributed by atoms with Crippen molar-refractivity contribution >= 4 is 5.91 Å². The quantitative estimate of drug-likeness (QED) is 0.824. The molecule has 3 fully saturated rings. The number of piperazine rings is 2. The fraction of sp³-hybridized carbons (Fsp3) is 0.650. The van der Waals surface area contributed by atoms with Crippen molar-refractivity contribution in [2.45, 2.75) is 50.7 Å². The van der Waals surface area contributed by atoms with Gasteiger partial charge >= 0.3 is 0 Å². The van der Waals surface area contributed by atoms with E-state index in [9.17, 15) is 9.18 Å². The molecule has 5 heteroatoms. The summed E-state index contributed by atoms with van der Waals surface area (Å²) < 4.78 is 14.1. The molecule has 1 unspecified atom stereocenters. The number of hydrogen-bond acceptors (Lipinski definition) is 3. The molecule has 0 spiro atoms. The number of halogens is 1. The fourth-order valence-corrected chi connectivity index (χ4v) is 4.75. The van der Waals surface area contributed by atoms with E-state index in [1.165, 1.54) is 25.3 Å². The molecule has 4 rings (SSSR count). The van der Waals surface area contributed by atoms with Gasteiger partial charge in [0.1, 0.15) is 5.82 Å². The maximum Gasteiger partial charge on any atom is 0.256 e. The van der Waals surface area contributed by atoms with Gasteiger partial charge in [-0.05, 0) is 38.8 Å². The lowest BCUT2D eigenvalue weighted by molar-refractivity contribution is -0.0710. The van der Waals surface area contributed by atoms with E-state index in [4.69, 9.17) is 0 Å². The standard InChI is InChI=1S/C20H28FN3O/c1-20(2)14-23(19(25)17-8-3-4-9-18(17)21)13-16-12-22(10-11-24(16)20)15-6-5-7-15/h3-4,8-9,15-16H,5-7,10-14H2,1-2H3. The lowest BCUT2D eigenvalue weighted by Gasteiger charge is -2.57. The first-order valence-electron chi connectivity index (χ1n) is 9.50. The Morgan fingerprint density at radius 3 is 2.56 bits per heavy atom. The van der Waals surface area contributed by atoms with E-state index in [2.05, 4.69) is 23.6 Å². The van der Waals surface area contributed by atoms with Crippen molar-refractivity contribution in [3.8, 4) is 0 Å². The molecule has 1 aromatic carbocycles. The molecule has 1 atom stereocenters. The van der Waals surface area contributed by atoms with Gasteiger partial charge in [-0.2, -0.15) is 0 Å². The van der Waals surface area contributed by atoms with Crippen LogP contribution in [0.3, 0.4) is 0 Å². The highest BCUT2D eigenvalue weighted by molar-refractivity contribution is 5.94. The van der Waals surface area contributed by atoms with E-state index >= 15 is 0 Å². The molecule has 0 aromatic heterocycles. The van der Waals surface area contributed by atoms with Crippen molar-refractivity contribution < 1.29 is 9.18 Å². The van der Waals surface area contributed by atoms with Gasteiger partial charge in [0.15, 0.2) is 0 Å². The summed E-state index contributed by atoms with van der Waals surface area (Å²) in [5, 5.41) is 0. The van der Waals surface area contributed by atoms with Gasteiger partial charge < -0.3 is 4.90 Å². The van der Waals surface area contributed by atoms with Crippen LogP contribution in [0.15, 0.2) is 24.3 Å². The van der Waals surface area contributed by atoms with Gasteiger partial charge in [-0.3, -0.25) is 14.6 Å². The third kappa shape index (κ3) is 3.08. The number of amides is 1. The second-order valence-corrected chi connectivity index (χ2v) is 8.40. The molecule has 0 N–H and O–H groups in total. The Balaban J connectivity index is 1.53. The summed E-state index contributed by atoms with van der Waals surface area (Å²) >= 11 is 0. The van der Waals surface area contributed by atoms with Crippen molar-refractivity contribution in [1.82, 2.24) is 14.7 Å². The lowest BCUT2D eigenvalue weighted by atomic mass is 9.88. The number of rotatable bonds is 2. The third-order valence-corrected chi connectivity index (χ3v) is 6.28.